The normalized spacial score (nSPS) is 16.5. The van der Waals surface area contributed by atoms with E-state index in [-0.39, 0.29) is 0 Å². The van der Waals surface area contributed by atoms with E-state index in [0.717, 1.165) is 38.2 Å². The van der Waals surface area contributed by atoms with Gasteiger partial charge >= 0.3 is 0 Å². The molecule has 1 heterocycles. The van der Waals surface area contributed by atoms with Crippen molar-refractivity contribution in [2.45, 2.75) is 37.4 Å². The van der Waals surface area contributed by atoms with Crippen LogP contribution < -0.4 is 14.2 Å². The molecule has 0 aliphatic carbocycles. The van der Waals surface area contributed by atoms with E-state index >= 15 is 0 Å². The molecule has 1 aliphatic heterocycles. The van der Waals surface area contributed by atoms with Gasteiger partial charge in [0.2, 0.25) is 0 Å². The lowest BCUT2D eigenvalue weighted by Gasteiger charge is -2.38. The van der Waals surface area contributed by atoms with Gasteiger partial charge in [0.15, 0.2) is 0 Å². The number of thioether (sulfide) groups is 1. The standard InChI is InChI=1S/C21H24O4S/c1-13(22)19-20(26-16-8-6-7-14(11-16)23-4)17-10-9-15(24-5)12-18(17)25-21(19,2)3/h6-13,22H,1-5H3. The molecule has 0 fully saturated rings. The van der Waals surface area contributed by atoms with Crippen molar-refractivity contribution in [3.8, 4) is 17.2 Å². The SMILES string of the molecule is COc1cccc(SC2=C(C(C)O)C(C)(C)Oc3cc(OC)ccc32)c1. The highest BCUT2D eigenvalue weighted by Gasteiger charge is 2.38. The van der Waals surface area contributed by atoms with Gasteiger partial charge in [-0.05, 0) is 51.1 Å². The molecule has 3 rings (SSSR count). The molecule has 0 aromatic heterocycles. The Morgan fingerprint density at radius 3 is 2.38 bits per heavy atom. The fourth-order valence-electron chi connectivity index (χ4n) is 3.24. The number of aliphatic hydroxyl groups is 1. The summed E-state index contributed by atoms with van der Waals surface area (Å²) in [5.41, 5.74) is 1.19. The molecule has 26 heavy (non-hydrogen) atoms. The number of fused-ring (bicyclic) bond motifs is 1. The zero-order chi connectivity index (χ0) is 18.9. The summed E-state index contributed by atoms with van der Waals surface area (Å²) in [4.78, 5) is 2.04. The third-order valence-electron chi connectivity index (χ3n) is 4.37. The first-order chi connectivity index (χ1) is 12.4. The first kappa shape index (κ1) is 18.7. The molecule has 0 radical (unpaired) electrons. The van der Waals surface area contributed by atoms with Crippen LogP contribution in [-0.4, -0.2) is 31.0 Å². The molecule has 138 valence electrons. The minimum Gasteiger partial charge on any atom is -0.497 e. The highest BCUT2D eigenvalue weighted by Crippen LogP contribution is 2.50. The minimum absolute atomic E-state index is 0.630. The first-order valence-corrected chi connectivity index (χ1v) is 9.29. The highest BCUT2D eigenvalue weighted by molar-refractivity contribution is 8.08. The van der Waals surface area contributed by atoms with Crippen LogP contribution in [0.25, 0.3) is 4.91 Å². The van der Waals surface area contributed by atoms with E-state index in [0.29, 0.717) is 0 Å². The van der Waals surface area contributed by atoms with Gasteiger partial charge in [-0.3, -0.25) is 0 Å². The van der Waals surface area contributed by atoms with Crippen molar-refractivity contribution >= 4 is 16.7 Å². The second-order valence-electron chi connectivity index (χ2n) is 6.67. The maximum atomic E-state index is 10.5. The van der Waals surface area contributed by atoms with E-state index in [4.69, 9.17) is 14.2 Å². The van der Waals surface area contributed by atoms with E-state index in [1.807, 2.05) is 56.3 Å². The smallest absolute Gasteiger partial charge is 0.132 e. The lowest BCUT2D eigenvalue weighted by Crippen LogP contribution is -2.38. The predicted molar refractivity (Wildman–Crippen MR) is 105 cm³/mol. The van der Waals surface area contributed by atoms with Crippen molar-refractivity contribution < 1.29 is 19.3 Å². The van der Waals surface area contributed by atoms with Gasteiger partial charge in [-0.25, -0.2) is 0 Å². The maximum Gasteiger partial charge on any atom is 0.132 e. The Morgan fingerprint density at radius 2 is 1.73 bits per heavy atom. The molecular formula is C21H24O4S. The van der Waals surface area contributed by atoms with Crippen molar-refractivity contribution in [1.29, 1.82) is 0 Å². The Morgan fingerprint density at radius 1 is 1.04 bits per heavy atom. The zero-order valence-electron chi connectivity index (χ0n) is 15.7. The van der Waals surface area contributed by atoms with Gasteiger partial charge in [-0.15, -0.1) is 0 Å². The third kappa shape index (κ3) is 3.55. The fraction of sp³-hybridized carbons (Fsp3) is 0.333. The summed E-state index contributed by atoms with van der Waals surface area (Å²) in [6.07, 6.45) is -0.631. The van der Waals surface area contributed by atoms with Gasteiger partial charge in [0.1, 0.15) is 22.8 Å². The summed E-state index contributed by atoms with van der Waals surface area (Å²) in [7, 11) is 3.29. The molecule has 0 saturated heterocycles. The Balaban J connectivity index is 2.15. The van der Waals surface area contributed by atoms with Crippen molar-refractivity contribution in [3.05, 3.63) is 53.6 Å². The average Bonchev–Trinajstić information content (AvgIpc) is 2.60. The summed E-state index contributed by atoms with van der Waals surface area (Å²) in [6.45, 7) is 5.73. The van der Waals surface area contributed by atoms with Crippen LogP contribution >= 0.6 is 11.8 Å². The second kappa shape index (κ2) is 7.25. The summed E-state index contributed by atoms with van der Waals surface area (Å²) in [5, 5.41) is 10.5. The molecule has 2 aromatic rings. The molecule has 0 spiro atoms. The Labute approximate surface area is 158 Å². The molecule has 0 amide bonds. The van der Waals surface area contributed by atoms with Crippen LogP contribution in [0.3, 0.4) is 0 Å². The van der Waals surface area contributed by atoms with Crippen molar-refractivity contribution in [3.63, 3.8) is 0 Å². The summed E-state index contributed by atoms with van der Waals surface area (Å²) in [6, 6.07) is 13.7. The minimum atomic E-state index is -0.631. The number of hydrogen-bond acceptors (Lipinski definition) is 5. The number of rotatable bonds is 5. The maximum absolute atomic E-state index is 10.5. The van der Waals surface area contributed by atoms with Gasteiger partial charge in [-0.2, -0.15) is 0 Å². The van der Waals surface area contributed by atoms with Crippen molar-refractivity contribution in [2.24, 2.45) is 0 Å². The van der Waals surface area contributed by atoms with Crippen LogP contribution in [0.15, 0.2) is 52.9 Å². The van der Waals surface area contributed by atoms with Crippen LogP contribution in [0.1, 0.15) is 26.3 Å². The van der Waals surface area contributed by atoms with Crippen LogP contribution in [0, 0.1) is 0 Å². The number of methoxy groups -OCH3 is 2. The average molecular weight is 372 g/mol. The molecule has 1 N–H and O–H groups in total. The summed E-state index contributed by atoms with van der Waals surface area (Å²) >= 11 is 1.61. The Hall–Kier alpha value is -2.11. The van der Waals surface area contributed by atoms with E-state index in [2.05, 4.69) is 0 Å². The lowest BCUT2D eigenvalue weighted by atomic mass is 9.88. The second-order valence-corrected chi connectivity index (χ2v) is 7.76. The van der Waals surface area contributed by atoms with Crippen LogP contribution in [0.5, 0.6) is 17.2 Å². The molecule has 2 aromatic carbocycles. The molecule has 0 bridgehead atoms. The third-order valence-corrected chi connectivity index (χ3v) is 5.50. The van der Waals surface area contributed by atoms with Crippen LogP contribution in [-0.2, 0) is 0 Å². The summed E-state index contributed by atoms with van der Waals surface area (Å²) < 4.78 is 16.9. The van der Waals surface area contributed by atoms with E-state index in [1.165, 1.54) is 0 Å². The lowest BCUT2D eigenvalue weighted by molar-refractivity contribution is 0.105. The van der Waals surface area contributed by atoms with Gasteiger partial charge in [0, 0.05) is 27.0 Å². The van der Waals surface area contributed by atoms with Crippen molar-refractivity contribution in [1.82, 2.24) is 0 Å². The molecule has 1 atom stereocenters. The molecule has 1 aliphatic rings. The van der Waals surface area contributed by atoms with Gasteiger partial charge < -0.3 is 19.3 Å². The Kier molecular flexibility index (Phi) is 5.21. The fourth-order valence-corrected chi connectivity index (χ4v) is 4.60. The largest absolute Gasteiger partial charge is 0.497 e. The summed E-state index contributed by atoms with van der Waals surface area (Å²) in [5.74, 6) is 2.30. The predicted octanol–water partition coefficient (Wildman–Crippen LogP) is 4.76. The van der Waals surface area contributed by atoms with E-state index in [1.54, 1.807) is 32.9 Å². The number of ether oxygens (including phenoxy) is 3. The number of hydrogen-bond donors (Lipinski definition) is 1. The molecule has 5 heteroatoms. The van der Waals surface area contributed by atoms with E-state index < -0.39 is 11.7 Å². The highest BCUT2D eigenvalue weighted by atomic mass is 32.2. The van der Waals surface area contributed by atoms with Crippen LogP contribution in [0.2, 0.25) is 0 Å². The molecule has 1 unspecified atom stereocenters. The van der Waals surface area contributed by atoms with Crippen molar-refractivity contribution in [2.75, 3.05) is 14.2 Å². The number of aliphatic hydroxyl groups excluding tert-OH is 1. The van der Waals surface area contributed by atoms with Crippen LogP contribution in [0.4, 0.5) is 0 Å². The zero-order valence-corrected chi connectivity index (χ0v) is 16.5. The van der Waals surface area contributed by atoms with Gasteiger partial charge in [0.25, 0.3) is 0 Å². The van der Waals surface area contributed by atoms with Gasteiger partial charge in [0.05, 0.1) is 20.3 Å². The topological polar surface area (TPSA) is 47.9 Å². The Bertz CT molecular complexity index is 840. The van der Waals surface area contributed by atoms with E-state index in [9.17, 15) is 5.11 Å². The van der Waals surface area contributed by atoms with Gasteiger partial charge in [-0.1, -0.05) is 17.8 Å². The first-order valence-electron chi connectivity index (χ1n) is 8.47. The molecular weight excluding hydrogens is 348 g/mol. The monoisotopic (exact) mass is 372 g/mol. The number of benzene rings is 2. The molecule has 0 saturated carbocycles. The molecule has 4 nitrogen and oxygen atoms in total. The quantitative estimate of drug-likeness (QED) is 0.820.